The van der Waals surface area contributed by atoms with Gasteiger partial charge in [0.1, 0.15) is 18.2 Å². The third-order valence-corrected chi connectivity index (χ3v) is 2.92. The molecule has 0 amide bonds. The van der Waals surface area contributed by atoms with Gasteiger partial charge in [-0.25, -0.2) is 4.98 Å². The van der Waals surface area contributed by atoms with Crippen molar-refractivity contribution in [1.82, 2.24) is 9.55 Å². The normalized spacial score (nSPS) is 11.0. The summed E-state index contributed by atoms with van der Waals surface area (Å²) in [6.07, 6.45) is 1.45. The van der Waals surface area contributed by atoms with Crippen molar-refractivity contribution in [3.05, 3.63) is 30.1 Å². The van der Waals surface area contributed by atoms with Gasteiger partial charge in [0.25, 0.3) is 0 Å². The summed E-state index contributed by atoms with van der Waals surface area (Å²) in [5, 5.41) is 0. The SMILES string of the molecule is COCc1nc2ccccc2n1CCCC(C)=O. The molecular weight excluding hydrogens is 228 g/mol. The van der Waals surface area contributed by atoms with Gasteiger partial charge in [-0.3, -0.25) is 0 Å². The van der Waals surface area contributed by atoms with E-state index in [0.29, 0.717) is 13.0 Å². The van der Waals surface area contributed by atoms with Gasteiger partial charge in [-0.1, -0.05) is 12.1 Å². The van der Waals surface area contributed by atoms with E-state index in [0.717, 1.165) is 29.8 Å². The van der Waals surface area contributed by atoms with Crippen LogP contribution in [0.3, 0.4) is 0 Å². The zero-order valence-electron chi connectivity index (χ0n) is 10.8. The Bertz CT molecular complexity index is 546. The van der Waals surface area contributed by atoms with Gasteiger partial charge in [-0.15, -0.1) is 0 Å². The lowest BCUT2D eigenvalue weighted by Gasteiger charge is -2.07. The summed E-state index contributed by atoms with van der Waals surface area (Å²) in [6.45, 7) is 2.93. The molecule has 0 unspecified atom stereocenters. The molecule has 0 N–H and O–H groups in total. The van der Waals surface area contributed by atoms with Crippen molar-refractivity contribution in [3.8, 4) is 0 Å². The zero-order chi connectivity index (χ0) is 13.0. The molecule has 0 atom stereocenters. The first-order chi connectivity index (χ1) is 8.72. The number of ketones is 1. The predicted octanol–water partition coefficient (Wildman–Crippen LogP) is 2.55. The van der Waals surface area contributed by atoms with Gasteiger partial charge >= 0.3 is 0 Å². The van der Waals surface area contributed by atoms with Crippen molar-refractivity contribution < 1.29 is 9.53 Å². The third-order valence-electron chi connectivity index (χ3n) is 2.92. The second-order valence-electron chi connectivity index (χ2n) is 4.41. The number of nitrogens with zero attached hydrogens (tertiary/aromatic N) is 2. The molecule has 0 saturated heterocycles. The molecule has 0 aliphatic carbocycles. The Labute approximate surface area is 107 Å². The maximum absolute atomic E-state index is 11.0. The number of aryl methyl sites for hydroxylation is 1. The highest BCUT2D eigenvalue weighted by Gasteiger charge is 2.09. The van der Waals surface area contributed by atoms with Crippen LogP contribution in [-0.2, 0) is 22.7 Å². The molecule has 0 bridgehead atoms. The van der Waals surface area contributed by atoms with Crippen molar-refractivity contribution in [1.29, 1.82) is 0 Å². The average Bonchev–Trinajstić information content (AvgIpc) is 2.68. The fourth-order valence-electron chi connectivity index (χ4n) is 2.10. The maximum Gasteiger partial charge on any atom is 0.135 e. The lowest BCUT2D eigenvalue weighted by Crippen LogP contribution is -2.06. The van der Waals surface area contributed by atoms with E-state index in [9.17, 15) is 4.79 Å². The smallest absolute Gasteiger partial charge is 0.135 e. The Hall–Kier alpha value is -1.68. The second-order valence-corrected chi connectivity index (χ2v) is 4.41. The van der Waals surface area contributed by atoms with Crippen molar-refractivity contribution in [2.75, 3.05) is 7.11 Å². The predicted molar refractivity (Wildman–Crippen MR) is 70.4 cm³/mol. The number of rotatable bonds is 6. The van der Waals surface area contributed by atoms with Crippen LogP contribution in [0.1, 0.15) is 25.6 Å². The number of carbonyl (C=O) groups excluding carboxylic acids is 1. The summed E-state index contributed by atoms with van der Waals surface area (Å²) in [5.74, 6) is 1.15. The van der Waals surface area contributed by atoms with E-state index in [1.165, 1.54) is 0 Å². The lowest BCUT2D eigenvalue weighted by molar-refractivity contribution is -0.117. The molecule has 0 radical (unpaired) electrons. The van der Waals surface area contributed by atoms with Gasteiger partial charge in [-0.05, 0) is 25.5 Å². The molecule has 2 rings (SSSR count). The number of hydrogen-bond acceptors (Lipinski definition) is 3. The average molecular weight is 246 g/mol. The molecule has 0 spiro atoms. The molecule has 96 valence electrons. The monoisotopic (exact) mass is 246 g/mol. The van der Waals surface area contributed by atoms with Crippen molar-refractivity contribution in [2.45, 2.75) is 32.9 Å². The first-order valence-corrected chi connectivity index (χ1v) is 6.15. The van der Waals surface area contributed by atoms with Crippen molar-refractivity contribution >= 4 is 16.8 Å². The van der Waals surface area contributed by atoms with Crippen LogP contribution in [0.2, 0.25) is 0 Å². The van der Waals surface area contributed by atoms with E-state index in [-0.39, 0.29) is 5.78 Å². The fraction of sp³-hybridized carbons (Fsp3) is 0.429. The Morgan fingerprint density at radius 1 is 1.39 bits per heavy atom. The van der Waals surface area contributed by atoms with Crippen LogP contribution in [-0.4, -0.2) is 22.4 Å². The molecular formula is C14H18N2O2. The van der Waals surface area contributed by atoms with Crippen LogP contribution in [0.4, 0.5) is 0 Å². The largest absolute Gasteiger partial charge is 0.377 e. The summed E-state index contributed by atoms with van der Waals surface area (Å²) in [4.78, 5) is 15.6. The summed E-state index contributed by atoms with van der Waals surface area (Å²) < 4.78 is 7.32. The number of fused-ring (bicyclic) bond motifs is 1. The summed E-state index contributed by atoms with van der Waals surface area (Å²) in [6, 6.07) is 8.03. The molecule has 1 aromatic heterocycles. The summed E-state index contributed by atoms with van der Waals surface area (Å²) in [7, 11) is 1.67. The summed E-state index contributed by atoms with van der Waals surface area (Å²) in [5.41, 5.74) is 2.08. The molecule has 2 aromatic rings. The Balaban J connectivity index is 2.26. The maximum atomic E-state index is 11.0. The Morgan fingerprint density at radius 3 is 2.89 bits per heavy atom. The van der Waals surface area contributed by atoms with Gasteiger partial charge in [0.2, 0.25) is 0 Å². The molecule has 18 heavy (non-hydrogen) atoms. The van der Waals surface area contributed by atoms with E-state index in [1.54, 1.807) is 14.0 Å². The van der Waals surface area contributed by atoms with E-state index >= 15 is 0 Å². The molecule has 0 aliphatic heterocycles. The number of Topliss-reactive ketones (excluding diaryl/α,β-unsaturated/α-hetero) is 1. The van der Waals surface area contributed by atoms with Crippen LogP contribution >= 0.6 is 0 Å². The van der Waals surface area contributed by atoms with Gasteiger partial charge in [-0.2, -0.15) is 0 Å². The van der Waals surface area contributed by atoms with Crippen molar-refractivity contribution in [2.24, 2.45) is 0 Å². The molecule has 0 fully saturated rings. The van der Waals surface area contributed by atoms with Crippen LogP contribution in [0.15, 0.2) is 24.3 Å². The minimum atomic E-state index is 0.229. The van der Waals surface area contributed by atoms with Gasteiger partial charge < -0.3 is 14.1 Å². The first kappa shape index (κ1) is 12.8. The minimum Gasteiger partial charge on any atom is -0.377 e. The zero-order valence-corrected chi connectivity index (χ0v) is 10.8. The number of ether oxygens (including phenoxy) is 1. The number of methoxy groups -OCH3 is 1. The van der Waals surface area contributed by atoms with E-state index in [4.69, 9.17) is 4.74 Å². The van der Waals surface area contributed by atoms with Crippen LogP contribution in [0.5, 0.6) is 0 Å². The Kier molecular flexibility index (Phi) is 4.10. The number of hydrogen-bond donors (Lipinski definition) is 0. The highest BCUT2D eigenvalue weighted by molar-refractivity contribution is 5.76. The van der Waals surface area contributed by atoms with Crippen molar-refractivity contribution in [3.63, 3.8) is 0 Å². The lowest BCUT2D eigenvalue weighted by atomic mass is 10.2. The van der Waals surface area contributed by atoms with Crippen LogP contribution < -0.4 is 0 Å². The molecule has 0 aliphatic rings. The minimum absolute atomic E-state index is 0.229. The van der Waals surface area contributed by atoms with E-state index in [2.05, 4.69) is 15.6 Å². The highest BCUT2D eigenvalue weighted by Crippen LogP contribution is 2.17. The molecule has 0 saturated carbocycles. The number of para-hydroxylation sites is 2. The second kappa shape index (κ2) is 5.78. The first-order valence-electron chi connectivity index (χ1n) is 6.15. The Morgan fingerprint density at radius 2 is 2.17 bits per heavy atom. The number of imidazole rings is 1. The van der Waals surface area contributed by atoms with Gasteiger partial charge in [0, 0.05) is 20.1 Å². The highest BCUT2D eigenvalue weighted by atomic mass is 16.5. The third kappa shape index (κ3) is 2.76. The van der Waals surface area contributed by atoms with Gasteiger partial charge in [0.15, 0.2) is 0 Å². The van der Waals surface area contributed by atoms with Gasteiger partial charge in [0.05, 0.1) is 11.0 Å². The summed E-state index contributed by atoms with van der Waals surface area (Å²) >= 11 is 0. The molecule has 1 heterocycles. The van der Waals surface area contributed by atoms with Crippen LogP contribution in [0.25, 0.3) is 11.0 Å². The van der Waals surface area contributed by atoms with E-state index < -0.39 is 0 Å². The quantitative estimate of drug-likeness (QED) is 0.786. The molecule has 4 heteroatoms. The van der Waals surface area contributed by atoms with Crippen LogP contribution in [0, 0.1) is 0 Å². The number of carbonyl (C=O) groups is 1. The molecule has 4 nitrogen and oxygen atoms in total. The number of aromatic nitrogens is 2. The van der Waals surface area contributed by atoms with E-state index in [1.807, 2.05) is 18.2 Å². The topological polar surface area (TPSA) is 44.1 Å². The fourth-order valence-corrected chi connectivity index (χ4v) is 2.10. The number of benzene rings is 1. The molecule has 1 aromatic carbocycles. The standard InChI is InChI=1S/C14H18N2O2/c1-11(17)6-5-9-16-13-8-4-3-7-12(13)15-14(16)10-18-2/h3-4,7-8H,5-6,9-10H2,1-2H3.